The van der Waals surface area contributed by atoms with Gasteiger partial charge < -0.3 is 15.6 Å². The van der Waals surface area contributed by atoms with Crippen molar-refractivity contribution in [1.82, 2.24) is 4.98 Å². The van der Waals surface area contributed by atoms with Gasteiger partial charge in [0.25, 0.3) is 0 Å². The van der Waals surface area contributed by atoms with E-state index in [0.717, 1.165) is 28.9 Å². The van der Waals surface area contributed by atoms with Gasteiger partial charge in [-0.1, -0.05) is 17.7 Å². The molecule has 0 spiro atoms. The van der Waals surface area contributed by atoms with Crippen LogP contribution in [0.4, 0.5) is 5.82 Å². The smallest absolute Gasteiger partial charge is 0.124 e. The molecule has 0 amide bonds. The molecule has 2 aromatic rings. The van der Waals surface area contributed by atoms with Crippen LogP contribution >= 0.6 is 11.6 Å². The minimum absolute atomic E-state index is 0.431. The van der Waals surface area contributed by atoms with E-state index in [-0.39, 0.29) is 0 Å². The highest BCUT2D eigenvalue weighted by molar-refractivity contribution is 6.33. The number of pyridine rings is 1. The van der Waals surface area contributed by atoms with Gasteiger partial charge in [0.05, 0.1) is 17.2 Å². The van der Waals surface area contributed by atoms with Crippen LogP contribution in [0.5, 0.6) is 5.75 Å². The van der Waals surface area contributed by atoms with Gasteiger partial charge >= 0.3 is 0 Å². The summed E-state index contributed by atoms with van der Waals surface area (Å²) in [7, 11) is 0. The van der Waals surface area contributed by atoms with E-state index < -0.39 is 5.60 Å². The van der Waals surface area contributed by atoms with Crippen molar-refractivity contribution in [2.45, 2.75) is 39.2 Å². The molecular formula is C18H23ClN2O2. The van der Waals surface area contributed by atoms with Crippen molar-refractivity contribution in [1.29, 1.82) is 0 Å². The monoisotopic (exact) mass is 334 g/mol. The molecule has 0 radical (unpaired) electrons. The maximum absolute atomic E-state index is 9.71. The van der Waals surface area contributed by atoms with Crippen molar-refractivity contribution in [3.05, 3.63) is 41.0 Å². The van der Waals surface area contributed by atoms with E-state index in [1.54, 1.807) is 26.1 Å². The highest BCUT2D eigenvalue weighted by Gasteiger charge is 2.12. The van der Waals surface area contributed by atoms with E-state index in [4.69, 9.17) is 22.1 Å². The lowest BCUT2D eigenvalue weighted by atomic mass is 10.0. The number of anilines is 1. The molecule has 0 aliphatic carbocycles. The predicted octanol–water partition coefficient (Wildman–Crippen LogP) is 4.22. The van der Waals surface area contributed by atoms with Gasteiger partial charge in [-0.15, -0.1) is 0 Å². The summed E-state index contributed by atoms with van der Waals surface area (Å²) in [5.74, 6) is 1.20. The lowest BCUT2D eigenvalue weighted by molar-refractivity contribution is 0.0641. The zero-order valence-corrected chi connectivity index (χ0v) is 14.5. The van der Waals surface area contributed by atoms with E-state index in [9.17, 15) is 5.11 Å². The Bertz CT molecular complexity index is 681. The summed E-state index contributed by atoms with van der Waals surface area (Å²) in [6.45, 7) is 6.17. The number of aliphatic hydroxyl groups is 1. The van der Waals surface area contributed by atoms with Gasteiger partial charge in [-0.2, -0.15) is 0 Å². The van der Waals surface area contributed by atoms with Crippen LogP contribution in [0.15, 0.2) is 30.5 Å². The summed E-state index contributed by atoms with van der Waals surface area (Å²) in [5, 5.41) is 10.3. The standard InChI is InChI=1S/C18H23ClN2O2/c1-12-5-6-13(23-8-4-7-18(2,3)22)9-14(12)15-10-17(20)21-11-16(15)19/h5-6,9-11,22H,4,7-8H2,1-3H3,(H2,20,21). The summed E-state index contributed by atoms with van der Waals surface area (Å²) in [5.41, 5.74) is 8.01. The van der Waals surface area contributed by atoms with Gasteiger partial charge in [-0.25, -0.2) is 4.98 Å². The normalized spacial score (nSPS) is 11.5. The van der Waals surface area contributed by atoms with Gasteiger partial charge in [-0.05, 0) is 62.9 Å². The molecule has 0 unspecified atom stereocenters. The minimum atomic E-state index is -0.663. The van der Waals surface area contributed by atoms with Crippen molar-refractivity contribution < 1.29 is 9.84 Å². The summed E-state index contributed by atoms with van der Waals surface area (Å²) in [6.07, 6.45) is 3.04. The molecule has 2 rings (SSSR count). The molecule has 0 saturated carbocycles. The molecule has 1 aromatic heterocycles. The Balaban J connectivity index is 2.15. The van der Waals surface area contributed by atoms with Gasteiger partial charge in [0.2, 0.25) is 0 Å². The van der Waals surface area contributed by atoms with Gasteiger partial charge in [-0.3, -0.25) is 0 Å². The van der Waals surface area contributed by atoms with Crippen LogP contribution in [0.25, 0.3) is 11.1 Å². The molecule has 1 aromatic carbocycles. The molecule has 0 fully saturated rings. The molecule has 124 valence electrons. The van der Waals surface area contributed by atoms with Gasteiger partial charge in [0, 0.05) is 11.8 Å². The molecule has 0 aliphatic heterocycles. The number of hydrogen-bond acceptors (Lipinski definition) is 4. The Labute approximate surface area is 142 Å². The first-order valence-corrected chi connectivity index (χ1v) is 8.01. The average molecular weight is 335 g/mol. The molecule has 0 bridgehead atoms. The summed E-state index contributed by atoms with van der Waals surface area (Å²) in [4.78, 5) is 3.99. The fraction of sp³-hybridized carbons (Fsp3) is 0.389. The summed E-state index contributed by atoms with van der Waals surface area (Å²) >= 11 is 6.25. The largest absolute Gasteiger partial charge is 0.494 e. The van der Waals surface area contributed by atoms with Gasteiger partial charge in [0.1, 0.15) is 11.6 Å². The van der Waals surface area contributed by atoms with E-state index in [2.05, 4.69) is 4.98 Å². The number of ether oxygens (including phenoxy) is 1. The molecule has 3 N–H and O–H groups in total. The second-order valence-corrected chi connectivity index (χ2v) is 6.74. The van der Waals surface area contributed by atoms with Crippen LogP contribution < -0.4 is 10.5 Å². The van der Waals surface area contributed by atoms with Crippen LogP contribution in [0.1, 0.15) is 32.3 Å². The Hall–Kier alpha value is -1.78. The quantitative estimate of drug-likeness (QED) is 0.776. The van der Waals surface area contributed by atoms with Crippen LogP contribution in [0, 0.1) is 6.92 Å². The number of hydrogen-bond donors (Lipinski definition) is 2. The zero-order chi connectivity index (χ0) is 17.0. The molecule has 5 heteroatoms. The number of aryl methyl sites for hydroxylation is 1. The van der Waals surface area contributed by atoms with Gasteiger partial charge in [0.15, 0.2) is 0 Å². The molecule has 0 aliphatic rings. The third-order valence-corrected chi connectivity index (χ3v) is 3.88. The average Bonchev–Trinajstić information content (AvgIpc) is 2.47. The molecular weight excluding hydrogens is 312 g/mol. The fourth-order valence-electron chi connectivity index (χ4n) is 2.34. The summed E-state index contributed by atoms with van der Waals surface area (Å²) in [6, 6.07) is 7.65. The molecule has 4 nitrogen and oxygen atoms in total. The Morgan fingerprint density at radius 2 is 2.00 bits per heavy atom. The third-order valence-electron chi connectivity index (χ3n) is 3.58. The van der Waals surface area contributed by atoms with E-state index >= 15 is 0 Å². The number of aromatic nitrogens is 1. The highest BCUT2D eigenvalue weighted by atomic mass is 35.5. The first-order chi connectivity index (χ1) is 10.8. The number of nitrogens with zero attached hydrogens (tertiary/aromatic N) is 1. The molecule has 1 heterocycles. The topological polar surface area (TPSA) is 68.4 Å². The van der Waals surface area contributed by atoms with Crippen molar-refractivity contribution in [3.63, 3.8) is 0 Å². The maximum atomic E-state index is 9.71. The Kier molecular flexibility index (Phi) is 5.50. The van der Waals surface area contributed by atoms with Crippen molar-refractivity contribution in [3.8, 4) is 16.9 Å². The third kappa shape index (κ3) is 5.12. The molecule has 0 atom stereocenters. The van der Waals surface area contributed by atoms with E-state index in [1.165, 1.54) is 0 Å². The predicted molar refractivity (Wildman–Crippen MR) is 94.9 cm³/mol. The van der Waals surface area contributed by atoms with Crippen molar-refractivity contribution >= 4 is 17.4 Å². The first-order valence-electron chi connectivity index (χ1n) is 7.63. The molecule has 23 heavy (non-hydrogen) atoms. The first kappa shape index (κ1) is 17.6. The minimum Gasteiger partial charge on any atom is -0.494 e. The Morgan fingerprint density at radius 1 is 1.26 bits per heavy atom. The zero-order valence-electron chi connectivity index (χ0n) is 13.8. The van der Waals surface area contributed by atoms with Crippen molar-refractivity contribution in [2.24, 2.45) is 0 Å². The number of benzene rings is 1. The fourth-order valence-corrected chi connectivity index (χ4v) is 2.54. The second kappa shape index (κ2) is 7.20. The van der Waals surface area contributed by atoms with E-state index in [0.29, 0.717) is 23.9 Å². The van der Waals surface area contributed by atoms with Crippen LogP contribution in [0.3, 0.4) is 0 Å². The maximum Gasteiger partial charge on any atom is 0.124 e. The second-order valence-electron chi connectivity index (χ2n) is 6.33. The van der Waals surface area contributed by atoms with Crippen LogP contribution in [-0.4, -0.2) is 22.3 Å². The van der Waals surface area contributed by atoms with Crippen LogP contribution in [0.2, 0.25) is 5.02 Å². The highest BCUT2D eigenvalue weighted by Crippen LogP contribution is 2.33. The Morgan fingerprint density at radius 3 is 2.70 bits per heavy atom. The van der Waals surface area contributed by atoms with Crippen molar-refractivity contribution in [2.75, 3.05) is 12.3 Å². The number of halogens is 1. The number of nitrogens with two attached hydrogens (primary N) is 1. The lowest BCUT2D eigenvalue weighted by Crippen LogP contribution is -2.19. The lowest BCUT2D eigenvalue weighted by Gasteiger charge is -2.17. The number of nitrogen functional groups attached to an aromatic ring is 1. The summed E-state index contributed by atoms with van der Waals surface area (Å²) < 4.78 is 5.79. The number of rotatable bonds is 6. The van der Waals surface area contributed by atoms with Crippen LogP contribution in [-0.2, 0) is 0 Å². The SMILES string of the molecule is Cc1ccc(OCCCC(C)(C)O)cc1-c1cc(N)ncc1Cl. The van der Waals surface area contributed by atoms with E-state index in [1.807, 2.05) is 25.1 Å². The molecule has 0 saturated heterocycles.